The smallest absolute Gasteiger partial charge is 0.253 e. The van der Waals surface area contributed by atoms with Crippen molar-refractivity contribution < 1.29 is 18.5 Å². The van der Waals surface area contributed by atoms with Crippen LogP contribution in [0.5, 0.6) is 5.75 Å². The molecule has 0 aliphatic carbocycles. The summed E-state index contributed by atoms with van der Waals surface area (Å²) in [6.45, 7) is 2.95. The first-order valence-electron chi connectivity index (χ1n) is 6.03. The summed E-state index contributed by atoms with van der Waals surface area (Å²) in [5.74, 6) is -0.0700. The number of hydrogen-bond donors (Lipinski definition) is 1. The number of rotatable bonds is 7. The Morgan fingerprint density at radius 1 is 1.53 bits per heavy atom. The minimum atomic E-state index is -0.546. The van der Waals surface area contributed by atoms with E-state index in [0.29, 0.717) is 30.8 Å². The normalized spacial score (nSPS) is 10.3. The molecule has 0 aromatic heterocycles. The monoisotopic (exact) mass is 287 g/mol. The Hall–Kier alpha value is -1.27. The van der Waals surface area contributed by atoms with Crippen LogP contribution in [0.25, 0.3) is 0 Å². The molecule has 6 heteroatoms. The number of hydrogen-bond acceptors (Lipinski definition) is 4. The van der Waals surface area contributed by atoms with Crippen molar-refractivity contribution in [2.45, 2.75) is 13.3 Å². The Labute approximate surface area is 116 Å². The number of benzene rings is 1. The van der Waals surface area contributed by atoms with E-state index in [1.165, 1.54) is 19.2 Å². The first kappa shape index (κ1) is 15.8. The number of methoxy groups -OCH3 is 1. The molecule has 0 saturated carbocycles. The summed E-state index contributed by atoms with van der Waals surface area (Å²) >= 11 is 0.755. The quantitative estimate of drug-likeness (QED) is 0.619. The van der Waals surface area contributed by atoms with Gasteiger partial charge in [0.05, 0.1) is 7.11 Å². The molecule has 0 fully saturated rings. The number of nitrogens with zero attached hydrogens (tertiary/aromatic N) is 1. The van der Waals surface area contributed by atoms with E-state index in [0.717, 1.165) is 12.0 Å². The molecular formula is C13H18FNO3S. The van der Waals surface area contributed by atoms with Gasteiger partial charge in [-0.2, -0.15) is 0 Å². The Balaban J connectivity index is 2.76. The van der Waals surface area contributed by atoms with E-state index in [1.807, 2.05) is 6.92 Å². The summed E-state index contributed by atoms with van der Waals surface area (Å²) in [7, 11) is 1.38. The zero-order valence-electron chi connectivity index (χ0n) is 11.1. The average molecular weight is 287 g/mol. The third kappa shape index (κ3) is 4.40. The van der Waals surface area contributed by atoms with E-state index >= 15 is 0 Å². The van der Waals surface area contributed by atoms with Gasteiger partial charge in [0.25, 0.3) is 5.91 Å². The third-order valence-electron chi connectivity index (χ3n) is 2.73. The van der Waals surface area contributed by atoms with E-state index in [9.17, 15) is 9.18 Å². The lowest BCUT2D eigenvalue weighted by atomic mass is 10.1. The van der Waals surface area contributed by atoms with Crippen molar-refractivity contribution in [1.29, 1.82) is 0 Å². The van der Waals surface area contributed by atoms with Gasteiger partial charge in [0, 0.05) is 24.4 Å². The summed E-state index contributed by atoms with van der Waals surface area (Å²) in [5.41, 5.74) is 0.303. The minimum absolute atomic E-state index is 0.122. The van der Waals surface area contributed by atoms with Gasteiger partial charge in [-0.3, -0.25) is 4.79 Å². The van der Waals surface area contributed by atoms with Crippen LogP contribution in [0.2, 0.25) is 0 Å². The second-order valence-electron chi connectivity index (χ2n) is 3.92. The average Bonchev–Trinajstić information content (AvgIpc) is 2.43. The number of amides is 1. The molecule has 1 amide bonds. The van der Waals surface area contributed by atoms with Gasteiger partial charge in [-0.1, -0.05) is 0 Å². The van der Waals surface area contributed by atoms with Crippen LogP contribution >= 0.6 is 12.0 Å². The first-order valence-corrected chi connectivity index (χ1v) is 6.97. The van der Waals surface area contributed by atoms with Crippen LogP contribution in [-0.2, 0) is 0 Å². The maximum absolute atomic E-state index is 13.6. The summed E-state index contributed by atoms with van der Waals surface area (Å²) in [6, 6.07) is 4.18. The summed E-state index contributed by atoms with van der Waals surface area (Å²) in [4.78, 5) is 13.8. The molecule has 0 unspecified atom stereocenters. The number of halogens is 1. The summed E-state index contributed by atoms with van der Waals surface area (Å²) in [6.07, 6.45) is 0.694. The summed E-state index contributed by atoms with van der Waals surface area (Å²) in [5, 5.41) is 0. The Kier molecular flexibility index (Phi) is 6.66. The molecule has 4 nitrogen and oxygen atoms in total. The van der Waals surface area contributed by atoms with Crippen molar-refractivity contribution in [2.24, 2.45) is 0 Å². The van der Waals surface area contributed by atoms with Crippen molar-refractivity contribution in [3.8, 4) is 5.75 Å². The minimum Gasteiger partial charge on any atom is -0.494 e. The van der Waals surface area contributed by atoms with E-state index in [1.54, 1.807) is 11.0 Å². The van der Waals surface area contributed by atoms with Gasteiger partial charge >= 0.3 is 0 Å². The van der Waals surface area contributed by atoms with Gasteiger partial charge < -0.3 is 14.2 Å². The van der Waals surface area contributed by atoms with Crippen LogP contribution < -0.4 is 4.74 Å². The van der Waals surface area contributed by atoms with Gasteiger partial charge in [0.1, 0.15) is 0 Å². The lowest BCUT2D eigenvalue weighted by Crippen LogP contribution is -2.32. The molecule has 1 N–H and O–H groups in total. The maximum atomic E-state index is 13.6. The maximum Gasteiger partial charge on any atom is 0.253 e. The van der Waals surface area contributed by atoms with Crippen LogP contribution in [0.15, 0.2) is 18.2 Å². The molecule has 1 rings (SSSR count). The fourth-order valence-electron chi connectivity index (χ4n) is 1.71. The van der Waals surface area contributed by atoms with Crippen LogP contribution in [0.4, 0.5) is 4.39 Å². The standard InChI is InChI=1S/C13H18FNO3S/c1-3-15(7-4-8-19-17)13(16)10-5-6-12(18-2)11(14)9-10/h5-6,9,17H,3-4,7-8H2,1-2H3. The zero-order chi connectivity index (χ0) is 14.3. The Morgan fingerprint density at radius 3 is 2.79 bits per heavy atom. The van der Waals surface area contributed by atoms with Gasteiger partial charge in [0.15, 0.2) is 11.6 Å². The molecule has 1 aromatic carbocycles. The second-order valence-corrected chi connectivity index (χ2v) is 4.59. The van der Waals surface area contributed by atoms with Gasteiger partial charge in [0.2, 0.25) is 0 Å². The SMILES string of the molecule is CCN(CCCSO)C(=O)c1ccc(OC)c(F)c1. The summed E-state index contributed by atoms with van der Waals surface area (Å²) < 4.78 is 27.0. The molecule has 0 atom stereocenters. The molecular weight excluding hydrogens is 269 g/mol. The molecule has 0 saturated heterocycles. The van der Waals surface area contributed by atoms with Crippen LogP contribution in [0, 0.1) is 5.82 Å². The van der Waals surface area contributed by atoms with E-state index in [2.05, 4.69) is 0 Å². The van der Waals surface area contributed by atoms with Crippen LogP contribution in [-0.4, -0.2) is 41.3 Å². The van der Waals surface area contributed by atoms with Gasteiger partial charge in [-0.25, -0.2) is 4.39 Å². The number of carbonyl (C=O) groups is 1. The predicted molar refractivity (Wildman–Crippen MR) is 74.2 cm³/mol. The van der Waals surface area contributed by atoms with Crippen molar-refractivity contribution in [2.75, 3.05) is 26.0 Å². The van der Waals surface area contributed by atoms with E-state index < -0.39 is 5.82 Å². The van der Waals surface area contributed by atoms with Crippen molar-refractivity contribution in [3.05, 3.63) is 29.6 Å². The molecule has 106 valence electrons. The molecule has 0 radical (unpaired) electrons. The lowest BCUT2D eigenvalue weighted by Gasteiger charge is -2.20. The van der Waals surface area contributed by atoms with E-state index in [4.69, 9.17) is 9.29 Å². The highest BCUT2D eigenvalue weighted by Crippen LogP contribution is 2.18. The van der Waals surface area contributed by atoms with Gasteiger partial charge in [-0.05, 0) is 43.6 Å². The molecule has 0 heterocycles. The Bertz CT molecular complexity index is 428. The Morgan fingerprint density at radius 2 is 2.26 bits per heavy atom. The molecule has 0 spiro atoms. The first-order chi connectivity index (χ1) is 9.13. The fraction of sp³-hybridized carbons (Fsp3) is 0.462. The van der Waals surface area contributed by atoms with E-state index in [-0.39, 0.29) is 11.7 Å². The fourth-order valence-corrected chi connectivity index (χ4v) is 1.96. The number of carbonyl (C=O) groups excluding carboxylic acids is 1. The second kappa shape index (κ2) is 8.01. The largest absolute Gasteiger partial charge is 0.494 e. The molecule has 19 heavy (non-hydrogen) atoms. The molecule has 1 aromatic rings. The highest BCUT2D eigenvalue weighted by molar-refractivity contribution is 7.93. The molecule has 0 bridgehead atoms. The number of ether oxygens (including phenoxy) is 1. The highest BCUT2D eigenvalue weighted by Gasteiger charge is 2.15. The lowest BCUT2D eigenvalue weighted by molar-refractivity contribution is 0.0764. The van der Waals surface area contributed by atoms with Crippen LogP contribution in [0.1, 0.15) is 23.7 Å². The molecule has 0 aliphatic rings. The predicted octanol–water partition coefficient (Wildman–Crippen LogP) is 2.89. The van der Waals surface area contributed by atoms with Crippen molar-refractivity contribution in [3.63, 3.8) is 0 Å². The topological polar surface area (TPSA) is 49.8 Å². The zero-order valence-corrected chi connectivity index (χ0v) is 11.9. The van der Waals surface area contributed by atoms with Crippen molar-refractivity contribution in [1.82, 2.24) is 4.90 Å². The molecule has 0 aliphatic heterocycles. The van der Waals surface area contributed by atoms with Gasteiger partial charge in [-0.15, -0.1) is 0 Å². The van der Waals surface area contributed by atoms with Crippen LogP contribution in [0.3, 0.4) is 0 Å². The van der Waals surface area contributed by atoms with Crippen molar-refractivity contribution >= 4 is 17.9 Å². The third-order valence-corrected chi connectivity index (χ3v) is 3.20. The highest BCUT2D eigenvalue weighted by atomic mass is 32.2.